The molecular weight excluding hydrogens is 258 g/mol. The van der Waals surface area contributed by atoms with Crippen molar-refractivity contribution in [2.45, 2.75) is 11.4 Å². The smallest absolute Gasteiger partial charge is 0.245 e. The van der Waals surface area contributed by atoms with Gasteiger partial charge in [-0.05, 0) is 0 Å². The van der Waals surface area contributed by atoms with Crippen LogP contribution in [0.3, 0.4) is 0 Å². The molecule has 0 aliphatic rings. The van der Waals surface area contributed by atoms with Gasteiger partial charge in [0.2, 0.25) is 10.0 Å². The van der Waals surface area contributed by atoms with Crippen LogP contribution in [0.5, 0.6) is 0 Å². The van der Waals surface area contributed by atoms with Crippen LogP contribution in [0.15, 0.2) is 23.5 Å². The molecule has 18 heavy (non-hydrogen) atoms. The molecule has 2 aromatic rings. The summed E-state index contributed by atoms with van der Waals surface area (Å²) in [5.41, 5.74) is 5.52. The number of nitrogens with one attached hydrogen (secondary N) is 1. The lowest BCUT2D eigenvalue weighted by Crippen LogP contribution is -2.28. The van der Waals surface area contributed by atoms with E-state index < -0.39 is 10.0 Å². The summed E-state index contributed by atoms with van der Waals surface area (Å²) in [5.74, 6) is -0.0224. The van der Waals surface area contributed by atoms with Crippen molar-refractivity contribution < 1.29 is 8.42 Å². The highest BCUT2D eigenvalue weighted by atomic mass is 32.2. The van der Waals surface area contributed by atoms with Crippen molar-refractivity contribution in [2.75, 3.05) is 12.3 Å². The molecule has 2 rings (SSSR count). The normalized spacial score (nSPS) is 11.8. The number of anilines is 1. The number of aryl methyl sites for hydroxylation is 1. The molecular formula is C8H13N7O2S. The molecule has 0 spiro atoms. The third-order valence-electron chi connectivity index (χ3n) is 2.22. The Labute approximate surface area is 104 Å². The van der Waals surface area contributed by atoms with Crippen LogP contribution in [0.4, 0.5) is 5.82 Å². The number of sulfonamides is 1. The predicted molar refractivity (Wildman–Crippen MR) is 62.8 cm³/mol. The van der Waals surface area contributed by atoms with Gasteiger partial charge in [0.1, 0.15) is 4.90 Å². The average Bonchev–Trinajstić information content (AvgIpc) is 2.88. The van der Waals surface area contributed by atoms with Crippen LogP contribution < -0.4 is 10.5 Å². The summed E-state index contributed by atoms with van der Waals surface area (Å²) in [5, 5.41) is 11.1. The van der Waals surface area contributed by atoms with E-state index >= 15 is 0 Å². The SMILES string of the molecule is Cn1cc(S(=O)(=O)NCCn2ccnn2)c(N)n1. The average molecular weight is 271 g/mol. The molecule has 98 valence electrons. The molecule has 0 saturated carbocycles. The maximum Gasteiger partial charge on any atom is 0.245 e. The van der Waals surface area contributed by atoms with E-state index in [1.807, 2.05) is 0 Å². The van der Waals surface area contributed by atoms with E-state index in [0.29, 0.717) is 6.54 Å². The lowest BCUT2D eigenvalue weighted by Gasteiger charge is -2.04. The second kappa shape index (κ2) is 4.74. The summed E-state index contributed by atoms with van der Waals surface area (Å²) in [6.45, 7) is 0.583. The second-order valence-electron chi connectivity index (χ2n) is 3.62. The van der Waals surface area contributed by atoms with Crippen molar-refractivity contribution in [1.82, 2.24) is 29.5 Å². The van der Waals surface area contributed by atoms with Gasteiger partial charge in [0.25, 0.3) is 0 Å². The molecule has 0 aliphatic carbocycles. The van der Waals surface area contributed by atoms with E-state index in [1.54, 1.807) is 13.2 Å². The monoisotopic (exact) mass is 271 g/mol. The fourth-order valence-corrected chi connectivity index (χ4v) is 2.54. The summed E-state index contributed by atoms with van der Waals surface area (Å²) < 4.78 is 29.1. The van der Waals surface area contributed by atoms with E-state index in [0.717, 1.165) is 0 Å². The Kier molecular flexibility index (Phi) is 3.30. The number of nitrogens with zero attached hydrogens (tertiary/aromatic N) is 5. The first-order valence-corrected chi connectivity index (χ1v) is 6.60. The number of hydrogen-bond donors (Lipinski definition) is 2. The van der Waals surface area contributed by atoms with Gasteiger partial charge in [-0.25, -0.2) is 13.1 Å². The molecule has 0 aliphatic heterocycles. The molecule has 0 radical (unpaired) electrons. The predicted octanol–water partition coefficient (Wildman–Crippen LogP) is -1.43. The summed E-state index contributed by atoms with van der Waals surface area (Å²) in [6, 6.07) is 0. The maximum absolute atomic E-state index is 11.9. The standard InChI is InChI=1S/C8H13N7O2S/c1-14-6-7(8(9)12-14)18(16,17)11-3-5-15-4-2-10-13-15/h2,4,6,11H,3,5H2,1H3,(H2,9,12). The quantitative estimate of drug-likeness (QED) is 0.688. The fraction of sp³-hybridized carbons (Fsp3) is 0.375. The zero-order valence-electron chi connectivity index (χ0n) is 9.68. The zero-order valence-corrected chi connectivity index (χ0v) is 10.5. The highest BCUT2D eigenvalue weighted by Gasteiger charge is 2.19. The first kappa shape index (κ1) is 12.5. The van der Waals surface area contributed by atoms with Crippen LogP contribution in [0.2, 0.25) is 0 Å². The molecule has 0 unspecified atom stereocenters. The minimum Gasteiger partial charge on any atom is -0.381 e. The Hall–Kier alpha value is -1.94. The van der Waals surface area contributed by atoms with Crippen molar-refractivity contribution in [1.29, 1.82) is 0 Å². The zero-order chi connectivity index (χ0) is 13.2. The Morgan fingerprint density at radius 3 is 2.83 bits per heavy atom. The van der Waals surface area contributed by atoms with Crippen molar-refractivity contribution in [3.63, 3.8) is 0 Å². The van der Waals surface area contributed by atoms with E-state index in [1.165, 1.54) is 21.8 Å². The highest BCUT2D eigenvalue weighted by molar-refractivity contribution is 7.89. The second-order valence-corrected chi connectivity index (χ2v) is 5.35. The van der Waals surface area contributed by atoms with E-state index in [9.17, 15) is 8.42 Å². The molecule has 9 nitrogen and oxygen atoms in total. The number of aromatic nitrogens is 5. The fourth-order valence-electron chi connectivity index (χ4n) is 1.42. The van der Waals surface area contributed by atoms with Crippen LogP contribution in [0.1, 0.15) is 0 Å². The van der Waals surface area contributed by atoms with Crippen LogP contribution in [0.25, 0.3) is 0 Å². The van der Waals surface area contributed by atoms with Gasteiger partial charge < -0.3 is 5.73 Å². The van der Waals surface area contributed by atoms with Gasteiger partial charge in [-0.2, -0.15) is 5.10 Å². The van der Waals surface area contributed by atoms with E-state index in [-0.39, 0.29) is 17.3 Å². The van der Waals surface area contributed by atoms with Gasteiger partial charge in [-0.1, -0.05) is 5.21 Å². The summed E-state index contributed by atoms with van der Waals surface area (Å²) in [7, 11) is -2.04. The number of rotatable bonds is 5. The van der Waals surface area contributed by atoms with Crippen molar-refractivity contribution in [3.8, 4) is 0 Å². The summed E-state index contributed by atoms with van der Waals surface area (Å²) >= 11 is 0. The third kappa shape index (κ3) is 2.65. The molecule has 0 saturated heterocycles. The van der Waals surface area contributed by atoms with Crippen molar-refractivity contribution >= 4 is 15.8 Å². The molecule has 10 heteroatoms. The van der Waals surface area contributed by atoms with Gasteiger partial charge in [-0.15, -0.1) is 5.10 Å². The van der Waals surface area contributed by atoms with Crippen molar-refractivity contribution in [2.24, 2.45) is 7.05 Å². The number of nitrogens with two attached hydrogens (primary N) is 1. The Morgan fingerprint density at radius 1 is 1.50 bits per heavy atom. The van der Waals surface area contributed by atoms with Gasteiger partial charge >= 0.3 is 0 Å². The van der Waals surface area contributed by atoms with Gasteiger partial charge in [0, 0.05) is 26.0 Å². The van der Waals surface area contributed by atoms with Gasteiger partial charge in [-0.3, -0.25) is 9.36 Å². The molecule has 0 amide bonds. The van der Waals surface area contributed by atoms with Crippen LogP contribution in [-0.2, 0) is 23.6 Å². The highest BCUT2D eigenvalue weighted by Crippen LogP contribution is 2.14. The van der Waals surface area contributed by atoms with Gasteiger partial charge in [0.15, 0.2) is 5.82 Å². The summed E-state index contributed by atoms with van der Waals surface area (Å²) in [6.07, 6.45) is 4.52. The molecule has 2 aromatic heterocycles. The minimum absolute atomic E-state index is 0.0224. The molecule has 3 N–H and O–H groups in total. The number of nitrogen functional groups attached to an aromatic ring is 1. The van der Waals surface area contributed by atoms with Crippen LogP contribution in [-0.4, -0.2) is 39.7 Å². The largest absolute Gasteiger partial charge is 0.381 e. The van der Waals surface area contributed by atoms with E-state index in [4.69, 9.17) is 5.73 Å². The molecule has 2 heterocycles. The maximum atomic E-state index is 11.9. The Morgan fingerprint density at radius 2 is 2.28 bits per heavy atom. The lowest BCUT2D eigenvalue weighted by atomic mass is 10.6. The Balaban J connectivity index is 2.02. The molecule has 0 aromatic carbocycles. The molecule has 0 fully saturated rings. The number of hydrogen-bond acceptors (Lipinski definition) is 6. The first-order valence-electron chi connectivity index (χ1n) is 5.12. The van der Waals surface area contributed by atoms with Crippen LogP contribution >= 0.6 is 0 Å². The van der Waals surface area contributed by atoms with Crippen molar-refractivity contribution in [3.05, 3.63) is 18.6 Å². The van der Waals surface area contributed by atoms with E-state index in [2.05, 4.69) is 20.1 Å². The lowest BCUT2D eigenvalue weighted by molar-refractivity contribution is 0.553. The molecule has 0 bridgehead atoms. The third-order valence-corrected chi connectivity index (χ3v) is 3.69. The summed E-state index contributed by atoms with van der Waals surface area (Å²) in [4.78, 5) is -0.0245. The Bertz CT molecular complexity index is 616. The minimum atomic E-state index is -3.64. The first-order chi connectivity index (χ1) is 8.49. The topological polar surface area (TPSA) is 121 Å². The molecule has 0 atom stereocenters. The van der Waals surface area contributed by atoms with Gasteiger partial charge in [0.05, 0.1) is 12.7 Å². The van der Waals surface area contributed by atoms with Crippen LogP contribution in [0, 0.1) is 0 Å².